The molecule has 6 heteroatoms. The first-order valence-electron chi connectivity index (χ1n) is 6.75. The predicted molar refractivity (Wildman–Crippen MR) is 76.8 cm³/mol. The van der Waals surface area contributed by atoms with E-state index < -0.39 is 10.0 Å². The van der Waals surface area contributed by atoms with Gasteiger partial charge in [-0.1, -0.05) is 19.3 Å². The van der Waals surface area contributed by atoms with Crippen LogP contribution in [0.3, 0.4) is 0 Å². The van der Waals surface area contributed by atoms with Crippen molar-refractivity contribution in [2.75, 3.05) is 13.1 Å². The second-order valence-corrected chi connectivity index (χ2v) is 7.84. The van der Waals surface area contributed by atoms with Crippen LogP contribution in [0, 0.1) is 6.92 Å². The van der Waals surface area contributed by atoms with Crippen molar-refractivity contribution >= 4 is 21.4 Å². The quantitative estimate of drug-likeness (QED) is 0.933. The zero-order valence-electron chi connectivity index (χ0n) is 11.3. The molecule has 4 nitrogen and oxygen atoms in total. The second-order valence-electron chi connectivity index (χ2n) is 5.00. The molecule has 1 aliphatic heterocycles. The maximum atomic E-state index is 12.7. The van der Waals surface area contributed by atoms with E-state index in [9.17, 15) is 13.5 Å². The Balaban J connectivity index is 2.31. The highest BCUT2D eigenvalue weighted by Gasteiger charge is 2.29. The molecule has 0 unspecified atom stereocenters. The van der Waals surface area contributed by atoms with Gasteiger partial charge >= 0.3 is 0 Å². The van der Waals surface area contributed by atoms with E-state index >= 15 is 0 Å². The molecule has 0 aliphatic carbocycles. The number of hydrogen-bond acceptors (Lipinski definition) is 4. The molecule has 0 bridgehead atoms. The minimum atomic E-state index is -3.45. The molecule has 1 aromatic heterocycles. The summed E-state index contributed by atoms with van der Waals surface area (Å²) in [6.07, 6.45) is 5.25. The van der Waals surface area contributed by atoms with Gasteiger partial charge in [-0.3, -0.25) is 0 Å². The number of hydrogen-bond donors (Lipinski definition) is 1. The van der Waals surface area contributed by atoms with E-state index in [1.54, 1.807) is 11.2 Å². The highest BCUT2D eigenvalue weighted by atomic mass is 32.2. The van der Waals surface area contributed by atoms with Gasteiger partial charge in [0.05, 0.1) is 11.5 Å². The maximum absolute atomic E-state index is 12.7. The van der Waals surface area contributed by atoms with Crippen LogP contribution in [-0.2, 0) is 16.6 Å². The molecule has 1 aliphatic rings. The van der Waals surface area contributed by atoms with E-state index in [4.69, 9.17) is 0 Å². The molecule has 0 atom stereocenters. The van der Waals surface area contributed by atoms with Gasteiger partial charge in [-0.2, -0.15) is 4.31 Å². The van der Waals surface area contributed by atoms with Crippen molar-refractivity contribution in [3.63, 3.8) is 0 Å². The highest BCUT2D eigenvalue weighted by molar-refractivity contribution is 7.89. The van der Waals surface area contributed by atoms with Gasteiger partial charge in [0, 0.05) is 13.1 Å². The smallest absolute Gasteiger partial charge is 0.244 e. The number of thiophene rings is 1. The van der Waals surface area contributed by atoms with Crippen LogP contribution in [0.25, 0.3) is 0 Å². The molecule has 0 radical (unpaired) electrons. The molecule has 108 valence electrons. The number of sulfonamides is 1. The molecule has 0 aromatic carbocycles. The Labute approximate surface area is 119 Å². The fraction of sp³-hybridized carbons (Fsp3) is 0.692. The van der Waals surface area contributed by atoms with Crippen molar-refractivity contribution in [1.29, 1.82) is 0 Å². The van der Waals surface area contributed by atoms with Crippen molar-refractivity contribution in [1.82, 2.24) is 4.31 Å². The standard InChI is InChI=1S/C13H21NO3S2/c1-11-10-18-12(9-15)13(11)19(16,17)14-7-5-3-2-4-6-8-14/h10,15H,2-9H2,1H3. The summed E-state index contributed by atoms with van der Waals surface area (Å²) in [6.45, 7) is 2.79. The van der Waals surface area contributed by atoms with Crippen LogP contribution in [0.4, 0.5) is 0 Å². The van der Waals surface area contributed by atoms with Crippen molar-refractivity contribution in [3.05, 3.63) is 15.8 Å². The summed E-state index contributed by atoms with van der Waals surface area (Å²) in [5, 5.41) is 11.1. The first kappa shape index (κ1) is 15.0. The van der Waals surface area contributed by atoms with E-state index in [0.717, 1.165) is 31.2 Å². The van der Waals surface area contributed by atoms with Crippen LogP contribution in [0.5, 0.6) is 0 Å². The summed E-state index contributed by atoms with van der Waals surface area (Å²) in [5.74, 6) is 0. The normalized spacial score (nSPS) is 19.1. The lowest BCUT2D eigenvalue weighted by Gasteiger charge is -2.24. The average Bonchev–Trinajstić information content (AvgIpc) is 2.70. The lowest BCUT2D eigenvalue weighted by molar-refractivity contribution is 0.281. The Morgan fingerprint density at radius 1 is 1.21 bits per heavy atom. The van der Waals surface area contributed by atoms with Crippen LogP contribution in [0.2, 0.25) is 0 Å². The summed E-state index contributed by atoms with van der Waals surface area (Å²) >= 11 is 1.32. The Kier molecular flexibility index (Phi) is 5.00. The number of nitrogens with zero attached hydrogens (tertiary/aromatic N) is 1. The molecule has 1 fully saturated rings. The molecule has 19 heavy (non-hydrogen) atoms. The molecular formula is C13H21NO3S2. The zero-order chi connectivity index (χ0) is 13.9. The van der Waals surface area contributed by atoms with E-state index in [1.165, 1.54) is 17.8 Å². The SMILES string of the molecule is Cc1csc(CO)c1S(=O)(=O)N1CCCCCCC1. The summed E-state index contributed by atoms with van der Waals surface area (Å²) < 4.78 is 27.1. The van der Waals surface area contributed by atoms with E-state index in [1.807, 2.05) is 5.38 Å². The Morgan fingerprint density at radius 2 is 1.79 bits per heavy atom. The summed E-state index contributed by atoms with van der Waals surface area (Å²) in [6, 6.07) is 0. The van der Waals surface area contributed by atoms with Crippen molar-refractivity contribution in [3.8, 4) is 0 Å². The third-order valence-electron chi connectivity index (χ3n) is 3.55. The van der Waals surface area contributed by atoms with Crippen LogP contribution in [0.15, 0.2) is 10.3 Å². The summed E-state index contributed by atoms with van der Waals surface area (Å²) in [5.41, 5.74) is 0.746. The van der Waals surface area contributed by atoms with Crippen LogP contribution in [-0.4, -0.2) is 30.9 Å². The third kappa shape index (κ3) is 3.18. The second kappa shape index (κ2) is 6.35. The topological polar surface area (TPSA) is 57.6 Å². The molecule has 1 aromatic rings. The van der Waals surface area contributed by atoms with Gasteiger partial charge in [0.1, 0.15) is 4.90 Å². The van der Waals surface area contributed by atoms with E-state index in [0.29, 0.717) is 22.9 Å². The van der Waals surface area contributed by atoms with E-state index in [-0.39, 0.29) is 6.61 Å². The molecule has 0 spiro atoms. The van der Waals surface area contributed by atoms with Crippen molar-refractivity contribution in [2.24, 2.45) is 0 Å². The molecule has 0 saturated carbocycles. The van der Waals surface area contributed by atoms with Gasteiger partial charge in [-0.05, 0) is 30.7 Å². The molecule has 0 amide bonds. The van der Waals surface area contributed by atoms with Gasteiger partial charge in [0.25, 0.3) is 0 Å². The summed E-state index contributed by atoms with van der Waals surface area (Å²) in [7, 11) is -3.45. The predicted octanol–water partition coefficient (Wildman–Crippen LogP) is 2.50. The number of rotatable bonds is 3. The first-order chi connectivity index (χ1) is 9.07. The number of aryl methyl sites for hydroxylation is 1. The van der Waals surface area contributed by atoms with Crippen molar-refractivity contribution < 1.29 is 13.5 Å². The molecular weight excluding hydrogens is 282 g/mol. The van der Waals surface area contributed by atoms with Gasteiger partial charge in [0.15, 0.2) is 0 Å². The van der Waals surface area contributed by atoms with Gasteiger partial charge in [0.2, 0.25) is 10.0 Å². The average molecular weight is 303 g/mol. The van der Waals surface area contributed by atoms with Crippen molar-refractivity contribution in [2.45, 2.75) is 50.5 Å². The zero-order valence-corrected chi connectivity index (χ0v) is 12.9. The number of aliphatic hydroxyl groups is 1. The minimum absolute atomic E-state index is 0.207. The molecule has 2 heterocycles. The monoisotopic (exact) mass is 303 g/mol. The molecule has 1 saturated heterocycles. The Hall–Kier alpha value is -0.430. The van der Waals surface area contributed by atoms with Crippen LogP contribution >= 0.6 is 11.3 Å². The maximum Gasteiger partial charge on any atom is 0.244 e. The largest absolute Gasteiger partial charge is 0.391 e. The van der Waals surface area contributed by atoms with Crippen LogP contribution in [0.1, 0.15) is 42.5 Å². The molecule has 2 rings (SSSR count). The van der Waals surface area contributed by atoms with Gasteiger partial charge in [-0.25, -0.2) is 8.42 Å². The highest BCUT2D eigenvalue weighted by Crippen LogP contribution is 2.30. The minimum Gasteiger partial charge on any atom is -0.391 e. The lowest BCUT2D eigenvalue weighted by Crippen LogP contribution is -2.34. The first-order valence-corrected chi connectivity index (χ1v) is 9.07. The Morgan fingerprint density at radius 3 is 2.37 bits per heavy atom. The fourth-order valence-corrected chi connectivity index (χ4v) is 5.66. The fourth-order valence-electron chi connectivity index (χ4n) is 2.53. The lowest BCUT2D eigenvalue weighted by atomic mass is 10.1. The van der Waals surface area contributed by atoms with E-state index in [2.05, 4.69) is 0 Å². The molecule has 1 N–H and O–H groups in total. The number of aliphatic hydroxyl groups excluding tert-OH is 1. The van der Waals surface area contributed by atoms with Gasteiger partial charge in [-0.15, -0.1) is 11.3 Å². The van der Waals surface area contributed by atoms with Gasteiger partial charge < -0.3 is 5.11 Å². The Bertz CT molecular complexity index is 514. The third-order valence-corrected chi connectivity index (χ3v) is 6.89. The summed E-state index contributed by atoms with van der Waals surface area (Å²) in [4.78, 5) is 0.889. The van der Waals surface area contributed by atoms with Crippen LogP contribution < -0.4 is 0 Å².